The van der Waals surface area contributed by atoms with E-state index in [-0.39, 0.29) is 18.0 Å². The Kier molecular flexibility index (Phi) is 3.84. The third-order valence-corrected chi connectivity index (χ3v) is 8.29. The highest BCUT2D eigenvalue weighted by atomic mass is 16.2. The maximum absolute atomic E-state index is 12.9. The van der Waals surface area contributed by atoms with Gasteiger partial charge in [-0.3, -0.25) is 14.5 Å². The van der Waals surface area contributed by atoms with Crippen LogP contribution in [0.3, 0.4) is 0 Å². The Morgan fingerprint density at radius 2 is 1.71 bits per heavy atom. The van der Waals surface area contributed by atoms with Crippen molar-refractivity contribution in [1.82, 2.24) is 10.2 Å². The predicted molar refractivity (Wildman–Crippen MR) is 107 cm³/mol. The molecule has 3 aliphatic carbocycles. The molecule has 6 rings (SSSR count). The second-order valence-corrected chi connectivity index (χ2v) is 9.63. The number of benzene rings is 1. The van der Waals surface area contributed by atoms with Gasteiger partial charge in [-0.25, -0.2) is 0 Å². The Hall–Kier alpha value is -1.88. The first kappa shape index (κ1) is 17.0. The van der Waals surface area contributed by atoms with Gasteiger partial charge in [-0.2, -0.15) is 0 Å². The first-order valence-corrected chi connectivity index (χ1v) is 11.1. The van der Waals surface area contributed by atoms with E-state index in [1.54, 1.807) is 0 Å². The van der Waals surface area contributed by atoms with E-state index in [0.717, 1.165) is 50.0 Å². The van der Waals surface area contributed by atoms with Crippen LogP contribution in [0, 0.1) is 29.6 Å². The van der Waals surface area contributed by atoms with Crippen molar-refractivity contribution in [2.45, 2.75) is 44.2 Å². The molecule has 3 unspecified atom stereocenters. The molecule has 5 aliphatic rings. The summed E-state index contributed by atoms with van der Waals surface area (Å²) in [6.45, 7) is 2.52. The molecule has 5 fully saturated rings. The minimum atomic E-state index is -0.0294. The van der Waals surface area contributed by atoms with E-state index in [9.17, 15) is 9.59 Å². The van der Waals surface area contributed by atoms with Crippen LogP contribution in [0.4, 0.5) is 5.69 Å². The zero-order valence-corrected chi connectivity index (χ0v) is 16.3. The molecule has 7 atom stereocenters. The SMILES string of the molecule is O=C(NC1CCN(C2CCN(c3ccccc3)C2=O)C1)C1[C@@H]2[C@H]3CC[C@H](C3)[C@H]12. The van der Waals surface area contributed by atoms with Crippen LogP contribution in [-0.4, -0.2) is 48.4 Å². The number of rotatable bonds is 4. The van der Waals surface area contributed by atoms with E-state index < -0.39 is 0 Å². The minimum Gasteiger partial charge on any atom is -0.352 e. The Bertz CT molecular complexity index is 780. The number of para-hydroxylation sites is 1. The molecular weight excluding hydrogens is 350 g/mol. The van der Waals surface area contributed by atoms with Crippen LogP contribution in [0.1, 0.15) is 32.1 Å². The van der Waals surface area contributed by atoms with Crippen molar-refractivity contribution >= 4 is 17.5 Å². The molecule has 2 bridgehead atoms. The Labute approximate surface area is 166 Å². The number of carbonyl (C=O) groups excluding carboxylic acids is 2. The molecule has 5 heteroatoms. The number of nitrogens with zero attached hydrogens (tertiary/aromatic N) is 2. The number of nitrogens with one attached hydrogen (secondary N) is 1. The molecule has 3 saturated carbocycles. The molecule has 1 aromatic rings. The van der Waals surface area contributed by atoms with Gasteiger partial charge in [0.2, 0.25) is 11.8 Å². The van der Waals surface area contributed by atoms with E-state index in [2.05, 4.69) is 10.2 Å². The average Bonchev–Trinajstić information content (AvgIpc) is 3.15. The topological polar surface area (TPSA) is 52.7 Å². The summed E-state index contributed by atoms with van der Waals surface area (Å²) in [6.07, 6.45) is 5.95. The number of hydrogen-bond donors (Lipinski definition) is 1. The first-order valence-electron chi connectivity index (χ1n) is 11.1. The standard InChI is InChI=1S/C23H29N3O2/c27-22(21-19-14-6-7-15(12-14)20(19)21)24-16-8-10-25(13-16)18-9-11-26(23(18)28)17-4-2-1-3-5-17/h1-5,14-16,18-21H,6-13H2,(H,24,27)/t14-,15+,16?,18?,19+,20-,21?. The van der Waals surface area contributed by atoms with Crippen molar-refractivity contribution in [2.75, 3.05) is 24.5 Å². The lowest BCUT2D eigenvalue weighted by molar-refractivity contribution is -0.124. The molecular formula is C23H29N3O2. The van der Waals surface area contributed by atoms with Gasteiger partial charge in [-0.05, 0) is 67.9 Å². The lowest BCUT2D eigenvalue weighted by Crippen LogP contribution is -2.44. The van der Waals surface area contributed by atoms with Gasteiger partial charge in [0.15, 0.2) is 0 Å². The van der Waals surface area contributed by atoms with Crippen LogP contribution in [0.25, 0.3) is 0 Å². The van der Waals surface area contributed by atoms with Crippen LogP contribution in [0.5, 0.6) is 0 Å². The number of hydrogen-bond acceptors (Lipinski definition) is 3. The highest BCUT2D eigenvalue weighted by molar-refractivity contribution is 5.99. The summed E-state index contributed by atoms with van der Waals surface area (Å²) in [4.78, 5) is 30.0. The van der Waals surface area contributed by atoms with E-state index in [1.807, 2.05) is 35.2 Å². The summed E-state index contributed by atoms with van der Waals surface area (Å²) in [7, 11) is 0. The van der Waals surface area contributed by atoms with Gasteiger partial charge in [-0.15, -0.1) is 0 Å². The van der Waals surface area contributed by atoms with Gasteiger partial charge in [0.1, 0.15) is 0 Å². The number of likely N-dealkylation sites (tertiary alicyclic amines) is 1. The van der Waals surface area contributed by atoms with E-state index >= 15 is 0 Å². The van der Waals surface area contributed by atoms with Crippen molar-refractivity contribution in [3.63, 3.8) is 0 Å². The number of carbonyl (C=O) groups is 2. The van der Waals surface area contributed by atoms with Crippen LogP contribution in [-0.2, 0) is 9.59 Å². The van der Waals surface area contributed by atoms with Gasteiger partial charge in [0, 0.05) is 37.3 Å². The van der Waals surface area contributed by atoms with E-state index in [0.29, 0.717) is 23.7 Å². The number of amides is 2. The highest BCUT2D eigenvalue weighted by Gasteiger charge is 2.67. The van der Waals surface area contributed by atoms with Crippen LogP contribution in [0.15, 0.2) is 30.3 Å². The third-order valence-electron chi connectivity index (χ3n) is 8.29. The fraction of sp³-hybridized carbons (Fsp3) is 0.652. The average molecular weight is 380 g/mol. The van der Waals surface area contributed by atoms with Crippen molar-refractivity contribution in [3.8, 4) is 0 Å². The van der Waals surface area contributed by atoms with Crippen molar-refractivity contribution < 1.29 is 9.59 Å². The van der Waals surface area contributed by atoms with E-state index in [4.69, 9.17) is 0 Å². The van der Waals surface area contributed by atoms with Gasteiger partial charge in [-0.1, -0.05) is 18.2 Å². The van der Waals surface area contributed by atoms with Gasteiger partial charge < -0.3 is 10.2 Å². The largest absolute Gasteiger partial charge is 0.352 e. The molecule has 2 amide bonds. The lowest BCUT2D eigenvalue weighted by Gasteiger charge is -2.23. The van der Waals surface area contributed by atoms with Gasteiger partial charge >= 0.3 is 0 Å². The Balaban J connectivity index is 1.05. The zero-order chi connectivity index (χ0) is 18.8. The van der Waals surface area contributed by atoms with Gasteiger partial charge in [0.05, 0.1) is 6.04 Å². The minimum absolute atomic E-state index is 0.0294. The number of anilines is 1. The summed E-state index contributed by atoms with van der Waals surface area (Å²) in [5.74, 6) is 3.91. The molecule has 28 heavy (non-hydrogen) atoms. The maximum atomic E-state index is 12.9. The fourth-order valence-electron chi connectivity index (χ4n) is 7.03. The molecule has 5 nitrogen and oxygen atoms in total. The van der Waals surface area contributed by atoms with Crippen molar-refractivity contribution in [1.29, 1.82) is 0 Å². The summed E-state index contributed by atoms with van der Waals surface area (Å²) in [5, 5.41) is 3.34. The van der Waals surface area contributed by atoms with E-state index in [1.165, 1.54) is 19.3 Å². The van der Waals surface area contributed by atoms with Crippen molar-refractivity contribution in [2.24, 2.45) is 29.6 Å². The molecule has 0 aromatic heterocycles. The quantitative estimate of drug-likeness (QED) is 0.873. The molecule has 0 spiro atoms. The van der Waals surface area contributed by atoms with Gasteiger partial charge in [0.25, 0.3) is 0 Å². The molecule has 2 saturated heterocycles. The number of fused-ring (bicyclic) bond motifs is 5. The molecule has 148 valence electrons. The van der Waals surface area contributed by atoms with Crippen LogP contribution < -0.4 is 10.2 Å². The molecule has 2 heterocycles. The molecule has 1 aromatic carbocycles. The summed E-state index contributed by atoms with van der Waals surface area (Å²) in [5.41, 5.74) is 0.994. The second kappa shape index (κ2) is 6.31. The summed E-state index contributed by atoms with van der Waals surface area (Å²) >= 11 is 0. The third kappa shape index (κ3) is 2.55. The normalized spacial score (nSPS) is 41.5. The monoisotopic (exact) mass is 379 g/mol. The molecule has 2 aliphatic heterocycles. The Morgan fingerprint density at radius 1 is 0.964 bits per heavy atom. The summed E-state index contributed by atoms with van der Waals surface area (Å²) in [6, 6.07) is 10.1. The lowest BCUT2D eigenvalue weighted by atomic mass is 10.0. The fourth-order valence-corrected chi connectivity index (χ4v) is 7.03. The predicted octanol–water partition coefficient (Wildman–Crippen LogP) is 2.27. The maximum Gasteiger partial charge on any atom is 0.244 e. The highest BCUT2D eigenvalue weighted by Crippen LogP contribution is 2.69. The Morgan fingerprint density at radius 3 is 2.46 bits per heavy atom. The first-order chi connectivity index (χ1) is 13.7. The van der Waals surface area contributed by atoms with Crippen LogP contribution in [0.2, 0.25) is 0 Å². The summed E-state index contributed by atoms with van der Waals surface area (Å²) < 4.78 is 0. The second-order valence-electron chi connectivity index (χ2n) is 9.63. The van der Waals surface area contributed by atoms with Crippen molar-refractivity contribution in [3.05, 3.63) is 30.3 Å². The van der Waals surface area contributed by atoms with Crippen LogP contribution >= 0.6 is 0 Å². The molecule has 1 N–H and O–H groups in total. The zero-order valence-electron chi connectivity index (χ0n) is 16.3. The smallest absolute Gasteiger partial charge is 0.244 e. The molecule has 0 radical (unpaired) electrons.